The van der Waals surface area contributed by atoms with Crippen molar-refractivity contribution in [2.45, 2.75) is 31.7 Å². The molecule has 0 amide bonds. The van der Waals surface area contributed by atoms with Crippen LogP contribution in [0, 0.1) is 11.8 Å². The number of hydrogen-bond donors (Lipinski definition) is 2. The highest BCUT2D eigenvalue weighted by molar-refractivity contribution is 5.93. The molecule has 0 bridgehead atoms. The molecule has 3 N–H and O–H groups in total. The first-order chi connectivity index (χ1) is 9.92. The molecule has 0 saturated heterocycles. The van der Waals surface area contributed by atoms with Crippen LogP contribution in [0.5, 0.6) is 5.75 Å². The van der Waals surface area contributed by atoms with E-state index < -0.39 is 6.36 Å². The Morgan fingerprint density at radius 2 is 2.00 bits per heavy atom. The van der Waals surface area contributed by atoms with Gasteiger partial charge in [-0.2, -0.15) is 0 Å². The molecule has 2 saturated carbocycles. The summed E-state index contributed by atoms with van der Waals surface area (Å²) in [6.45, 7) is 0. The predicted molar refractivity (Wildman–Crippen MR) is 73.0 cm³/mol. The highest BCUT2D eigenvalue weighted by Gasteiger charge is 2.47. The van der Waals surface area contributed by atoms with Gasteiger partial charge >= 0.3 is 6.36 Å². The maximum Gasteiger partial charge on any atom is 0.573 e. The quantitative estimate of drug-likeness (QED) is 0.663. The largest absolute Gasteiger partial charge is 0.573 e. The van der Waals surface area contributed by atoms with Crippen LogP contribution in [0.4, 0.5) is 18.9 Å². The second-order valence-electron chi connectivity index (χ2n) is 5.49. The first-order valence-electron chi connectivity index (χ1n) is 6.87. The van der Waals surface area contributed by atoms with Gasteiger partial charge in [-0.25, -0.2) is 4.99 Å². The molecule has 0 heterocycles. The fourth-order valence-corrected chi connectivity index (χ4v) is 2.51. The Hall–Kier alpha value is -1.92. The zero-order chi connectivity index (χ0) is 15.0. The Bertz CT molecular complexity index is 555. The van der Waals surface area contributed by atoms with E-state index in [4.69, 9.17) is 5.73 Å². The monoisotopic (exact) mass is 299 g/mol. The molecule has 2 aliphatic rings. The third-order valence-corrected chi connectivity index (χ3v) is 3.71. The minimum Gasteiger partial charge on any atom is -0.404 e. The number of benzene rings is 1. The average molecular weight is 299 g/mol. The number of rotatable bonds is 4. The third kappa shape index (κ3) is 3.80. The minimum absolute atomic E-state index is 0.126. The van der Waals surface area contributed by atoms with E-state index in [9.17, 15) is 13.2 Å². The zero-order valence-corrected chi connectivity index (χ0v) is 11.2. The number of hydrogen-bond acceptors (Lipinski definition) is 2. The van der Waals surface area contributed by atoms with Crippen molar-refractivity contribution in [1.82, 2.24) is 0 Å². The molecule has 0 unspecified atom stereocenters. The summed E-state index contributed by atoms with van der Waals surface area (Å²) in [7, 11) is 0. The van der Waals surface area contributed by atoms with E-state index >= 15 is 0 Å². The number of para-hydroxylation sites is 2. The lowest BCUT2D eigenvalue weighted by atomic mass is 10.3. The second kappa shape index (κ2) is 5.13. The SMILES string of the molecule is NC(=N[C@@H]1C[C@H]1C1CC1)Nc1ccccc1OC(F)(F)F. The molecule has 0 radical (unpaired) electrons. The van der Waals surface area contributed by atoms with Gasteiger partial charge in [-0.3, -0.25) is 0 Å². The molecule has 2 aliphatic carbocycles. The number of ether oxygens (including phenoxy) is 1. The van der Waals surface area contributed by atoms with Crippen LogP contribution >= 0.6 is 0 Å². The maximum atomic E-state index is 12.3. The summed E-state index contributed by atoms with van der Waals surface area (Å²) in [6.07, 6.45) is -1.20. The topological polar surface area (TPSA) is 59.6 Å². The van der Waals surface area contributed by atoms with Crippen LogP contribution in [0.1, 0.15) is 19.3 Å². The second-order valence-corrected chi connectivity index (χ2v) is 5.49. The first kappa shape index (κ1) is 14.0. The number of nitrogens with zero attached hydrogens (tertiary/aromatic N) is 1. The zero-order valence-electron chi connectivity index (χ0n) is 11.2. The Balaban J connectivity index is 1.65. The number of guanidine groups is 1. The molecule has 7 heteroatoms. The van der Waals surface area contributed by atoms with Crippen molar-refractivity contribution in [2.75, 3.05) is 5.32 Å². The Morgan fingerprint density at radius 3 is 2.67 bits per heavy atom. The molecule has 4 nitrogen and oxygen atoms in total. The highest BCUT2D eigenvalue weighted by atomic mass is 19.4. The molecule has 3 rings (SSSR count). The van der Waals surface area contributed by atoms with Gasteiger partial charge in [0.2, 0.25) is 0 Å². The summed E-state index contributed by atoms with van der Waals surface area (Å²) in [4.78, 5) is 4.31. The summed E-state index contributed by atoms with van der Waals surface area (Å²) in [5.41, 5.74) is 5.92. The molecule has 2 atom stereocenters. The van der Waals surface area contributed by atoms with Crippen molar-refractivity contribution < 1.29 is 17.9 Å². The predicted octanol–water partition coefficient (Wildman–Crippen LogP) is 3.11. The first-order valence-corrected chi connectivity index (χ1v) is 6.87. The molecular weight excluding hydrogens is 283 g/mol. The van der Waals surface area contributed by atoms with Crippen LogP contribution in [0.15, 0.2) is 29.3 Å². The standard InChI is InChI=1S/C14H16F3N3O/c15-14(16,17)21-12-4-2-1-3-10(12)19-13(18)20-11-7-9(11)8-5-6-8/h1-4,8-9,11H,5-7H2,(H3,18,19,20)/t9-,11+/m0/s1. The van der Waals surface area contributed by atoms with Crippen LogP contribution in [-0.2, 0) is 0 Å². The lowest BCUT2D eigenvalue weighted by Gasteiger charge is -2.14. The van der Waals surface area contributed by atoms with Crippen molar-refractivity contribution in [3.05, 3.63) is 24.3 Å². The molecule has 21 heavy (non-hydrogen) atoms. The van der Waals surface area contributed by atoms with Crippen molar-refractivity contribution in [1.29, 1.82) is 0 Å². The van der Waals surface area contributed by atoms with E-state index in [0.29, 0.717) is 5.92 Å². The van der Waals surface area contributed by atoms with Gasteiger partial charge in [0.05, 0.1) is 11.7 Å². The molecular formula is C14H16F3N3O. The van der Waals surface area contributed by atoms with E-state index in [2.05, 4.69) is 15.0 Å². The van der Waals surface area contributed by atoms with Crippen molar-refractivity contribution in [3.63, 3.8) is 0 Å². The van der Waals surface area contributed by atoms with Gasteiger partial charge in [0.1, 0.15) is 0 Å². The molecule has 0 aliphatic heterocycles. The summed E-state index contributed by atoms with van der Waals surface area (Å²) in [5.74, 6) is 1.18. The number of nitrogens with two attached hydrogens (primary N) is 1. The minimum atomic E-state index is -4.74. The normalized spacial score (nSPS) is 25.6. The molecule has 0 aromatic heterocycles. The third-order valence-electron chi connectivity index (χ3n) is 3.71. The van der Waals surface area contributed by atoms with Crippen molar-refractivity contribution >= 4 is 11.6 Å². The number of nitrogens with one attached hydrogen (secondary N) is 1. The van der Waals surface area contributed by atoms with Crippen LogP contribution in [-0.4, -0.2) is 18.4 Å². The number of aliphatic imine (C=N–C) groups is 1. The smallest absolute Gasteiger partial charge is 0.404 e. The maximum absolute atomic E-state index is 12.3. The average Bonchev–Trinajstić information content (AvgIpc) is 3.21. The van der Waals surface area contributed by atoms with Crippen LogP contribution in [0.2, 0.25) is 0 Å². The van der Waals surface area contributed by atoms with E-state index in [1.807, 2.05) is 0 Å². The molecule has 0 spiro atoms. The van der Waals surface area contributed by atoms with Crippen LogP contribution < -0.4 is 15.8 Å². The van der Waals surface area contributed by atoms with Crippen LogP contribution in [0.25, 0.3) is 0 Å². The van der Waals surface area contributed by atoms with E-state index in [1.54, 1.807) is 6.07 Å². The lowest BCUT2D eigenvalue weighted by molar-refractivity contribution is -0.274. The molecule has 114 valence electrons. The summed E-state index contributed by atoms with van der Waals surface area (Å²) in [5, 5.41) is 2.69. The van der Waals surface area contributed by atoms with Crippen molar-refractivity contribution in [2.24, 2.45) is 22.6 Å². The molecule has 2 fully saturated rings. The fraction of sp³-hybridized carbons (Fsp3) is 0.500. The Morgan fingerprint density at radius 1 is 1.29 bits per heavy atom. The highest BCUT2D eigenvalue weighted by Crippen LogP contribution is 2.51. The summed E-state index contributed by atoms with van der Waals surface area (Å²) >= 11 is 0. The van der Waals surface area contributed by atoms with Gasteiger partial charge in [-0.1, -0.05) is 12.1 Å². The van der Waals surface area contributed by atoms with Gasteiger partial charge in [0, 0.05) is 0 Å². The Kier molecular flexibility index (Phi) is 3.43. The van der Waals surface area contributed by atoms with Gasteiger partial charge in [0.25, 0.3) is 0 Å². The molecule has 1 aromatic rings. The number of halogens is 3. The van der Waals surface area contributed by atoms with Gasteiger partial charge in [-0.05, 0) is 43.2 Å². The van der Waals surface area contributed by atoms with Crippen molar-refractivity contribution in [3.8, 4) is 5.75 Å². The number of alkyl halides is 3. The van der Waals surface area contributed by atoms with E-state index in [1.165, 1.54) is 31.0 Å². The fourth-order valence-electron chi connectivity index (χ4n) is 2.51. The molecule has 1 aromatic carbocycles. The van der Waals surface area contributed by atoms with Gasteiger partial charge in [-0.15, -0.1) is 13.2 Å². The lowest BCUT2D eigenvalue weighted by Crippen LogP contribution is -2.25. The van der Waals surface area contributed by atoms with Gasteiger partial charge in [0.15, 0.2) is 11.7 Å². The summed E-state index contributed by atoms with van der Waals surface area (Å²) in [6, 6.07) is 5.97. The van der Waals surface area contributed by atoms with E-state index in [-0.39, 0.29) is 23.4 Å². The van der Waals surface area contributed by atoms with E-state index in [0.717, 1.165) is 12.3 Å². The Labute approximate surface area is 120 Å². The van der Waals surface area contributed by atoms with Gasteiger partial charge < -0.3 is 15.8 Å². The number of anilines is 1. The summed E-state index contributed by atoms with van der Waals surface area (Å²) < 4.78 is 40.9. The van der Waals surface area contributed by atoms with Crippen LogP contribution in [0.3, 0.4) is 0 Å².